The van der Waals surface area contributed by atoms with E-state index in [1.165, 1.54) is 0 Å². The lowest BCUT2D eigenvalue weighted by molar-refractivity contribution is -0.120. The highest BCUT2D eigenvalue weighted by Gasteiger charge is 2.29. The number of piperidine rings is 1. The molecule has 2 saturated heterocycles. The van der Waals surface area contributed by atoms with Gasteiger partial charge in [0.1, 0.15) is 5.82 Å². The average Bonchev–Trinajstić information content (AvgIpc) is 3.42. The molecule has 1 N–H and O–H groups in total. The Morgan fingerprint density at radius 1 is 1.06 bits per heavy atom. The summed E-state index contributed by atoms with van der Waals surface area (Å²) in [6.45, 7) is 4.45. The van der Waals surface area contributed by atoms with Crippen molar-refractivity contribution in [3.8, 4) is 0 Å². The topological polar surface area (TPSA) is 82.6 Å². The minimum atomic E-state index is -3.47. The first kappa shape index (κ1) is 24.0. The molecule has 0 unspecified atom stereocenters. The van der Waals surface area contributed by atoms with Crippen LogP contribution < -0.4 is 10.2 Å². The Morgan fingerprint density at radius 3 is 2.66 bits per heavy atom. The number of halogens is 1. The Balaban J connectivity index is 1.32. The second-order valence-electron chi connectivity index (χ2n) is 9.32. The molecule has 35 heavy (non-hydrogen) atoms. The van der Waals surface area contributed by atoms with Gasteiger partial charge in [0.2, 0.25) is 15.9 Å². The number of carbonyl (C=O) groups is 1. The normalized spacial score (nSPS) is 19.3. The summed E-state index contributed by atoms with van der Waals surface area (Å²) in [7, 11) is -3.47. The Labute approximate surface area is 211 Å². The number of aromatic nitrogens is 1. The van der Waals surface area contributed by atoms with Crippen molar-refractivity contribution in [2.45, 2.75) is 37.5 Å². The zero-order chi connectivity index (χ0) is 24.6. The van der Waals surface area contributed by atoms with Crippen LogP contribution in [0.2, 0.25) is 5.02 Å². The third kappa shape index (κ3) is 4.87. The molecular formula is C26H29ClN4O3S. The second kappa shape index (κ2) is 9.76. The molecule has 0 spiro atoms. The molecule has 2 fully saturated rings. The molecule has 5 rings (SSSR count). The first-order valence-electron chi connectivity index (χ1n) is 12.0. The average molecular weight is 513 g/mol. The van der Waals surface area contributed by atoms with E-state index in [2.05, 4.69) is 10.2 Å². The summed E-state index contributed by atoms with van der Waals surface area (Å²) < 4.78 is 27.4. The zero-order valence-electron chi connectivity index (χ0n) is 19.7. The molecule has 0 radical (unpaired) electrons. The number of sulfonamides is 1. The van der Waals surface area contributed by atoms with Crippen molar-refractivity contribution >= 4 is 49.9 Å². The number of hydrogen-bond acceptors (Lipinski definition) is 5. The third-order valence-electron chi connectivity index (χ3n) is 6.99. The molecule has 7 nitrogen and oxygen atoms in total. The molecule has 9 heteroatoms. The molecule has 1 amide bonds. The molecule has 2 aliphatic rings. The Hall–Kier alpha value is -2.68. The van der Waals surface area contributed by atoms with Gasteiger partial charge >= 0.3 is 0 Å². The van der Waals surface area contributed by atoms with Gasteiger partial charge in [0, 0.05) is 42.3 Å². The summed E-state index contributed by atoms with van der Waals surface area (Å²) in [5.74, 6) is 0.620. The first-order chi connectivity index (χ1) is 16.8. The monoisotopic (exact) mass is 512 g/mol. The van der Waals surface area contributed by atoms with Crippen LogP contribution in [0, 0.1) is 12.8 Å². The summed E-state index contributed by atoms with van der Waals surface area (Å²) >= 11 is 6.20. The van der Waals surface area contributed by atoms with Crippen LogP contribution in [0.4, 0.5) is 11.5 Å². The van der Waals surface area contributed by atoms with Crippen LogP contribution in [0.1, 0.15) is 31.2 Å². The van der Waals surface area contributed by atoms with Crippen molar-refractivity contribution in [3.63, 3.8) is 0 Å². The van der Waals surface area contributed by atoms with Crippen LogP contribution in [0.5, 0.6) is 0 Å². The highest BCUT2D eigenvalue weighted by molar-refractivity contribution is 7.89. The SMILES string of the molecule is Cc1c(Cl)cccc1NC(=O)[C@@H]1CCCN(c2ccc3cc(S(=O)(=O)N4CCCC4)ccc3n2)C1. The summed E-state index contributed by atoms with van der Waals surface area (Å²) in [5.41, 5.74) is 2.34. The summed E-state index contributed by atoms with van der Waals surface area (Å²) in [4.78, 5) is 20.2. The van der Waals surface area contributed by atoms with Gasteiger partial charge in [-0.15, -0.1) is 0 Å². The van der Waals surface area contributed by atoms with Gasteiger partial charge in [0.05, 0.1) is 16.3 Å². The standard InChI is InChI=1S/C26H29ClN4O3S/c1-18-22(27)7-4-8-23(18)29-26(32)20-6-5-13-30(17-20)25-12-9-19-16-21(10-11-24(19)28-25)35(33,34)31-14-2-3-15-31/h4,7-12,16,20H,2-3,5-6,13-15,17H2,1H3,(H,29,32)/t20-/m1/s1. The summed E-state index contributed by atoms with van der Waals surface area (Å²) in [5, 5.41) is 4.45. The quantitative estimate of drug-likeness (QED) is 0.529. The summed E-state index contributed by atoms with van der Waals surface area (Å²) in [6, 6.07) is 14.5. The zero-order valence-corrected chi connectivity index (χ0v) is 21.3. The number of anilines is 2. The molecule has 184 valence electrons. The van der Waals surface area contributed by atoms with Gasteiger partial charge < -0.3 is 10.2 Å². The predicted molar refractivity (Wildman–Crippen MR) is 139 cm³/mol. The number of rotatable bonds is 5. The number of fused-ring (bicyclic) bond motifs is 1. The van der Waals surface area contributed by atoms with E-state index in [0.29, 0.717) is 29.6 Å². The number of hydrogen-bond donors (Lipinski definition) is 1. The number of carbonyl (C=O) groups excluding carboxylic acids is 1. The lowest BCUT2D eigenvalue weighted by atomic mass is 9.96. The predicted octanol–water partition coefficient (Wildman–Crippen LogP) is 4.84. The Kier molecular flexibility index (Phi) is 6.70. The van der Waals surface area contributed by atoms with Gasteiger partial charge in [0.15, 0.2) is 0 Å². The fourth-order valence-electron chi connectivity index (χ4n) is 4.88. The smallest absolute Gasteiger partial charge is 0.243 e. The van der Waals surface area contributed by atoms with Crippen LogP contribution in [0.3, 0.4) is 0 Å². The van der Waals surface area contributed by atoms with Crippen molar-refractivity contribution in [2.75, 3.05) is 36.4 Å². The van der Waals surface area contributed by atoms with Gasteiger partial charge in [0.25, 0.3) is 0 Å². The maximum Gasteiger partial charge on any atom is 0.243 e. The second-order valence-corrected chi connectivity index (χ2v) is 11.7. The molecule has 0 bridgehead atoms. The number of nitrogens with one attached hydrogen (secondary N) is 1. The molecule has 3 heterocycles. The van der Waals surface area contributed by atoms with Crippen LogP contribution in [-0.4, -0.2) is 49.8 Å². The minimum absolute atomic E-state index is 0.0161. The van der Waals surface area contributed by atoms with Gasteiger partial charge in [-0.25, -0.2) is 13.4 Å². The van der Waals surface area contributed by atoms with E-state index < -0.39 is 10.0 Å². The molecule has 1 atom stereocenters. The van der Waals surface area contributed by atoms with Crippen molar-refractivity contribution in [1.29, 1.82) is 0 Å². The number of amides is 1. The highest BCUT2D eigenvalue weighted by atomic mass is 35.5. The molecule has 1 aromatic heterocycles. The van der Waals surface area contributed by atoms with Crippen LogP contribution in [0.25, 0.3) is 10.9 Å². The highest BCUT2D eigenvalue weighted by Crippen LogP contribution is 2.29. The van der Waals surface area contributed by atoms with E-state index in [1.54, 1.807) is 22.5 Å². The summed E-state index contributed by atoms with van der Waals surface area (Å²) in [6.07, 6.45) is 3.52. The molecule has 2 aliphatic heterocycles. The first-order valence-corrected chi connectivity index (χ1v) is 13.9. The molecule has 2 aromatic carbocycles. The van der Waals surface area contributed by atoms with Gasteiger partial charge in [-0.3, -0.25) is 4.79 Å². The van der Waals surface area contributed by atoms with Gasteiger partial charge in [-0.05, 0) is 80.6 Å². The van der Waals surface area contributed by atoms with E-state index in [4.69, 9.17) is 16.6 Å². The fourth-order valence-corrected chi connectivity index (χ4v) is 6.61. The van der Waals surface area contributed by atoms with Crippen molar-refractivity contribution in [1.82, 2.24) is 9.29 Å². The van der Waals surface area contributed by atoms with E-state index in [-0.39, 0.29) is 11.8 Å². The molecule has 0 saturated carbocycles. The van der Waals surface area contributed by atoms with Crippen LogP contribution in [-0.2, 0) is 14.8 Å². The largest absolute Gasteiger partial charge is 0.356 e. The fraction of sp³-hybridized carbons (Fsp3) is 0.385. The van der Waals surface area contributed by atoms with Gasteiger partial charge in [-0.1, -0.05) is 17.7 Å². The van der Waals surface area contributed by atoms with Crippen molar-refractivity contribution in [2.24, 2.45) is 5.92 Å². The van der Waals surface area contributed by atoms with E-state index >= 15 is 0 Å². The maximum atomic E-state index is 13.0. The number of pyridine rings is 1. The minimum Gasteiger partial charge on any atom is -0.356 e. The number of nitrogens with zero attached hydrogens (tertiary/aromatic N) is 3. The Bertz CT molecular complexity index is 1370. The van der Waals surface area contributed by atoms with Gasteiger partial charge in [-0.2, -0.15) is 4.31 Å². The Morgan fingerprint density at radius 2 is 1.86 bits per heavy atom. The lowest BCUT2D eigenvalue weighted by Gasteiger charge is -2.33. The molecular weight excluding hydrogens is 484 g/mol. The van der Waals surface area contributed by atoms with E-state index in [1.807, 2.05) is 37.3 Å². The number of benzene rings is 2. The lowest BCUT2D eigenvalue weighted by Crippen LogP contribution is -2.41. The third-order valence-corrected chi connectivity index (χ3v) is 9.29. The van der Waals surface area contributed by atoms with E-state index in [0.717, 1.165) is 60.2 Å². The van der Waals surface area contributed by atoms with Crippen molar-refractivity contribution < 1.29 is 13.2 Å². The van der Waals surface area contributed by atoms with Crippen LogP contribution >= 0.6 is 11.6 Å². The van der Waals surface area contributed by atoms with Crippen molar-refractivity contribution in [3.05, 3.63) is 59.1 Å². The maximum absolute atomic E-state index is 13.0. The van der Waals surface area contributed by atoms with Crippen LogP contribution in [0.15, 0.2) is 53.4 Å². The molecule has 3 aromatic rings. The molecule has 0 aliphatic carbocycles. The van der Waals surface area contributed by atoms with E-state index in [9.17, 15) is 13.2 Å².